The molecule has 0 aliphatic heterocycles. The SMILES string of the molecule is CNC1CCC(n2cc(-c3ccccc3)c(=O)[nH]2)C1. The molecule has 0 amide bonds. The number of hydrogen-bond acceptors (Lipinski definition) is 2. The van der Waals surface area contributed by atoms with Crippen LogP contribution >= 0.6 is 0 Å². The average molecular weight is 257 g/mol. The number of hydrogen-bond donors (Lipinski definition) is 2. The molecule has 1 heterocycles. The Morgan fingerprint density at radius 1 is 1.26 bits per heavy atom. The average Bonchev–Trinajstić information content (AvgIpc) is 3.06. The molecule has 1 aromatic heterocycles. The van der Waals surface area contributed by atoms with E-state index in [1.54, 1.807) is 0 Å². The van der Waals surface area contributed by atoms with Crippen molar-refractivity contribution in [3.63, 3.8) is 0 Å². The molecule has 4 nitrogen and oxygen atoms in total. The van der Waals surface area contributed by atoms with Crippen LogP contribution in [0.1, 0.15) is 25.3 Å². The molecule has 2 aromatic rings. The Kier molecular flexibility index (Phi) is 3.25. The van der Waals surface area contributed by atoms with Crippen LogP contribution in [0.15, 0.2) is 41.3 Å². The normalized spacial score (nSPS) is 22.8. The van der Waals surface area contributed by atoms with Gasteiger partial charge >= 0.3 is 0 Å². The maximum absolute atomic E-state index is 12.1. The van der Waals surface area contributed by atoms with E-state index in [2.05, 4.69) is 10.4 Å². The predicted octanol–water partition coefficient (Wildman–Crippen LogP) is 2.16. The third-order valence-corrected chi connectivity index (χ3v) is 4.03. The van der Waals surface area contributed by atoms with Gasteiger partial charge in [-0.1, -0.05) is 30.3 Å². The summed E-state index contributed by atoms with van der Waals surface area (Å²) >= 11 is 0. The van der Waals surface area contributed by atoms with E-state index in [0.717, 1.165) is 24.0 Å². The van der Waals surface area contributed by atoms with Crippen LogP contribution < -0.4 is 10.9 Å². The van der Waals surface area contributed by atoms with Gasteiger partial charge in [0.1, 0.15) is 0 Å². The summed E-state index contributed by atoms with van der Waals surface area (Å²) in [7, 11) is 2.00. The van der Waals surface area contributed by atoms with Gasteiger partial charge in [-0.25, -0.2) is 0 Å². The van der Waals surface area contributed by atoms with Crippen molar-refractivity contribution in [1.29, 1.82) is 0 Å². The topological polar surface area (TPSA) is 49.8 Å². The summed E-state index contributed by atoms with van der Waals surface area (Å²) in [5.74, 6) is 0. The highest BCUT2D eigenvalue weighted by atomic mass is 16.1. The molecule has 19 heavy (non-hydrogen) atoms. The molecular formula is C15H19N3O. The molecule has 2 unspecified atom stereocenters. The molecule has 1 aliphatic rings. The molecule has 1 aliphatic carbocycles. The van der Waals surface area contributed by atoms with Gasteiger partial charge in [-0.15, -0.1) is 0 Å². The fourth-order valence-corrected chi connectivity index (χ4v) is 2.90. The Hall–Kier alpha value is -1.81. The lowest BCUT2D eigenvalue weighted by atomic mass is 10.1. The van der Waals surface area contributed by atoms with Crippen LogP contribution in [0.25, 0.3) is 11.1 Å². The lowest BCUT2D eigenvalue weighted by molar-refractivity contribution is 0.448. The number of rotatable bonds is 3. The fourth-order valence-electron chi connectivity index (χ4n) is 2.90. The van der Waals surface area contributed by atoms with Crippen molar-refractivity contribution in [2.24, 2.45) is 0 Å². The van der Waals surface area contributed by atoms with Crippen molar-refractivity contribution >= 4 is 0 Å². The Bertz CT molecular complexity index is 599. The molecule has 0 bridgehead atoms. The van der Waals surface area contributed by atoms with Gasteiger partial charge in [0, 0.05) is 12.2 Å². The van der Waals surface area contributed by atoms with Crippen molar-refractivity contribution in [3.8, 4) is 11.1 Å². The lowest BCUT2D eigenvalue weighted by Crippen LogP contribution is -2.22. The lowest BCUT2D eigenvalue weighted by Gasteiger charge is -2.11. The van der Waals surface area contributed by atoms with E-state index in [-0.39, 0.29) is 5.56 Å². The summed E-state index contributed by atoms with van der Waals surface area (Å²) < 4.78 is 1.99. The van der Waals surface area contributed by atoms with E-state index >= 15 is 0 Å². The van der Waals surface area contributed by atoms with Crippen molar-refractivity contribution in [3.05, 3.63) is 46.9 Å². The van der Waals surface area contributed by atoms with Crippen LogP contribution in [-0.2, 0) is 0 Å². The molecule has 2 N–H and O–H groups in total. The summed E-state index contributed by atoms with van der Waals surface area (Å²) in [6.07, 6.45) is 5.32. The van der Waals surface area contributed by atoms with Crippen LogP contribution in [-0.4, -0.2) is 22.9 Å². The summed E-state index contributed by atoms with van der Waals surface area (Å²) in [6, 6.07) is 10.8. The standard InChI is InChI=1S/C15H19N3O/c1-16-12-7-8-13(9-12)18-10-14(15(19)17-18)11-5-3-2-4-6-11/h2-6,10,12-13,16H,7-9H2,1H3,(H,17,19). The van der Waals surface area contributed by atoms with Crippen molar-refractivity contribution < 1.29 is 0 Å². The number of nitrogens with one attached hydrogen (secondary N) is 2. The highest BCUT2D eigenvalue weighted by Crippen LogP contribution is 2.29. The minimum Gasteiger partial charge on any atom is -0.317 e. The molecule has 0 radical (unpaired) electrons. The van der Waals surface area contributed by atoms with Gasteiger partial charge in [0.05, 0.1) is 11.6 Å². The number of aromatic nitrogens is 2. The number of benzene rings is 1. The van der Waals surface area contributed by atoms with Crippen LogP contribution in [0, 0.1) is 0 Å². The van der Waals surface area contributed by atoms with Crippen molar-refractivity contribution in [1.82, 2.24) is 15.1 Å². The quantitative estimate of drug-likeness (QED) is 0.885. The summed E-state index contributed by atoms with van der Waals surface area (Å²) in [5.41, 5.74) is 1.73. The molecule has 1 saturated carbocycles. The summed E-state index contributed by atoms with van der Waals surface area (Å²) in [6.45, 7) is 0. The molecule has 1 aromatic carbocycles. The van der Waals surface area contributed by atoms with Gasteiger partial charge < -0.3 is 5.32 Å². The fraction of sp³-hybridized carbons (Fsp3) is 0.400. The van der Waals surface area contributed by atoms with Gasteiger partial charge in [0.15, 0.2) is 0 Å². The first-order valence-corrected chi connectivity index (χ1v) is 6.82. The van der Waals surface area contributed by atoms with E-state index in [0.29, 0.717) is 12.1 Å². The Morgan fingerprint density at radius 2 is 2.05 bits per heavy atom. The van der Waals surface area contributed by atoms with Gasteiger partial charge in [-0.2, -0.15) is 0 Å². The third-order valence-electron chi connectivity index (χ3n) is 4.03. The first-order chi connectivity index (χ1) is 9.28. The minimum atomic E-state index is -0.000826. The maximum atomic E-state index is 12.1. The predicted molar refractivity (Wildman–Crippen MR) is 76.2 cm³/mol. The third kappa shape index (κ3) is 2.36. The van der Waals surface area contributed by atoms with Crippen LogP contribution in [0.3, 0.4) is 0 Å². The van der Waals surface area contributed by atoms with Gasteiger partial charge in [-0.3, -0.25) is 14.6 Å². The molecule has 100 valence electrons. The number of aromatic amines is 1. The first kappa shape index (κ1) is 12.2. The first-order valence-electron chi connectivity index (χ1n) is 6.82. The van der Waals surface area contributed by atoms with Gasteiger partial charge in [0.25, 0.3) is 5.56 Å². The highest BCUT2D eigenvalue weighted by Gasteiger charge is 2.25. The molecule has 0 saturated heterocycles. The van der Waals surface area contributed by atoms with Crippen LogP contribution in [0.2, 0.25) is 0 Å². The second-order valence-electron chi connectivity index (χ2n) is 5.21. The second kappa shape index (κ2) is 5.05. The molecule has 4 heteroatoms. The smallest absolute Gasteiger partial charge is 0.271 e. The summed E-state index contributed by atoms with van der Waals surface area (Å²) in [4.78, 5) is 12.1. The van der Waals surface area contributed by atoms with E-state index < -0.39 is 0 Å². The molecular weight excluding hydrogens is 238 g/mol. The zero-order valence-electron chi connectivity index (χ0n) is 11.1. The monoisotopic (exact) mass is 257 g/mol. The van der Waals surface area contributed by atoms with E-state index in [1.165, 1.54) is 6.42 Å². The largest absolute Gasteiger partial charge is 0.317 e. The molecule has 3 rings (SSSR count). The number of H-pyrrole nitrogens is 1. The van der Waals surface area contributed by atoms with Crippen LogP contribution in [0.5, 0.6) is 0 Å². The van der Waals surface area contributed by atoms with Crippen molar-refractivity contribution in [2.75, 3.05) is 7.05 Å². The van der Waals surface area contributed by atoms with E-state index in [4.69, 9.17) is 0 Å². The molecule has 0 spiro atoms. The Morgan fingerprint density at radius 3 is 2.74 bits per heavy atom. The zero-order valence-corrected chi connectivity index (χ0v) is 11.1. The molecule has 2 atom stereocenters. The number of nitrogens with zero attached hydrogens (tertiary/aromatic N) is 1. The summed E-state index contributed by atoms with van der Waals surface area (Å²) in [5, 5.41) is 6.27. The van der Waals surface area contributed by atoms with Gasteiger partial charge in [0.2, 0.25) is 0 Å². The zero-order chi connectivity index (χ0) is 13.2. The van der Waals surface area contributed by atoms with E-state index in [1.807, 2.05) is 48.3 Å². The minimum absolute atomic E-state index is 0.000826. The Labute approximate surface area is 112 Å². The van der Waals surface area contributed by atoms with E-state index in [9.17, 15) is 4.79 Å². The highest BCUT2D eigenvalue weighted by molar-refractivity contribution is 5.61. The Balaban J connectivity index is 1.88. The van der Waals surface area contributed by atoms with Crippen LogP contribution in [0.4, 0.5) is 0 Å². The molecule has 1 fully saturated rings. The van der Waals surface area contributed by atoms with Crippen molar-refractivity contribution in [2.45, 2.75) is 31.3 Å². The second-order valence-corrected chi connectivity index (χ2v) is 5.21. The maximum Gasteiger partial charge on any atom is 0.271 e. The van der Waals surface area contributed by atoms with Gasteiger partial charge in [-0.05, 0) is 31.9 Å².